The van der Waals surface area contributed by atoms with E-state index in [0.29, 0.717) is 119 Å². The predicted molar refractivity (Wildman–Crippen MR) is 203 cm³/mol. The first-order valence-corrected chi connectivity index (χ1v) is 18.1. The fourth-order valence-corrected chi connectivity index (χ4v) is 5.83. The molecule has 52 heavy (non-hydrogen) atoms. The van der Waals surface area contributed by atoms with Crippen LogP contribution >= 0.6 is 0 Å². The lowest BCUT2D eigenvalue weighted by atomic mass is 9.98. The van der Waals surface area contributed by atoms with Crippen LogP contribution in [0.2, 0.25) is 0 Å². The number of hydrogen-bond donors (Lipinski definition) is 0. The number of benzene rings is 4. The Balaban J connectivity index is 1.17. The molecule has 0 unspecified atom stereocenters. The molecule has 0 spiro atoms. The van der Waals surface area contributed by atoms with Crippen LogP contribution in [0.25, 0.3) is 21.5 Å². The van der Waals surface area contributed by atoms with Gasteiger partial charge in [0.25, 0.3) is 0 Å². The van der Waals surface area contributed by atoms with Crippen molar-refractivity contribution in [3.05, 3.63) is 97.1 Å². The van der Waals surface area contributed by atoms with Crippen molar-refractivity contribution < 1.29 is 47.4 Å². The Kier molecular flexibility index (Phi) is 17.1. The van der Waals surface area contributed by atoms with Crippen molar-refractivity contribution in [3.8, 4) is 23.0 Å². The molecule has 1 aliphatic heterocycles. The van der Waals surface area contributed by atoms with Gasteiger partial charge in [-0.15, -0.1) is 13.2 Å². The van der Waals surface area contributed by atoms with Gasteiger partial charge < -0.3 is 47.4 Å². The highest BCUT2D eigenvalue weighted by Crippen LogP contribution is 2.38. The van der Waals surface area contributed by atoms with Gasteiger partial charge in [-0.1, -0.05) is 60.7 Å². The highest BCUT2D eigenvalue weighted by atomic mass is 16.6. The quantitative estimate of drug-likeness (QED) is 0.211. The zero-order chi connectivity index (χ0) is 36.1. The summed E-state index contributed by atoms with van der Waals surface area (Å²) >= 11 is 0. The van der Waals surface area contributed by atoms with Gasteiger partial charge in [0.2, 0.25) is 0 Å². The van der Waals surface area contributed by atoms with Gasteiger partial charge in [-0.25, -0.2) is 0 Å². The van der Waals surface area contributed by atoms with E-state index >= 15 is 0 Å². The second-order valence-electron chi connectivity index (χ2n) is 11.9. The van der Waals surface area contributed by atoms with E-state index in [2.05, 4.69) is 37.4 Å². The highest BCUT2D eigenvalue weighted by Gasteiger charge is 2.15. The summed E-state index contributed by atoms with van der Waals surface area (Å²) in [7, 11) is 0. The van der Waals surface area contributed by atoms with E-state index in [9.17, 15) is 0 Å². The van der Waals surface area contributed by atoms with Crippen molar-refractivity contribution in [2.75, 3.05) is 106 Å². The van der Waals surface area contributed by atoms with Crippen LogP contribution in [0.5, 0.6) is 23.0 Å². The van der Waals surface area contributed by atoms with Gasteiger partial charge in [-0.2, -0.15) is 0 Å². The maximum absolute atomic E-state index is 6.34. The van der Waals surface area contributed by atoms with E-state index in [1.807, 2.05) is 48.6 Å². The van der Waals surface area contributed by atoms with Gasteiger partial charge in [-0.3, -0.25) is 0 Å². The average molecular weight is 717 g/mol. The van der Waals surface area contributed by atoms with Crippen LogP contribution in [-0.2, 0) is 41.3 Å². The number of ether oxygens (including phenoxy) is 10. The summed E-state index contributed by atoms with van der Waals surface area (Å²) in [5.41, 5.74) is 2.10. The molecule has 0 fully saturated rings. The second kappa shape index (κ2) is 22.7. The smallest absolute Gasteiger partial charge is 0.130 e. The molecule has 0 aliphatic carbocycles. The zero-order valence-corrected chi connectivity index (χ0v) is 30.2. The maximum Gasteiger partial charge on any atom is 0.130 e. The molecule has 280 valence electrons. The SMILES string of the molecule is C=CCc1ccc2c3c(CC=C)ccc2c1OCCOCCOCCOCCOc1cccc2c(cccc12)OCCOCCOCCOCCO3. The fourth-order valence-electron chi connectivity index (χ4n) is 5.83. The Morgan fingerprint density at radius 1 is 0.365 bits per heavy atom. The van der Waals surface area contributed by atoms with E-state index in [0.717, 1.165) is 55.7 Å². The van der Waals surface area contributed by atoms with Gasteiger partial charge in [0.05, 0.1) is 79.3 Å². The molecule has 10 heteroatoms. The van der Waals surface area contributed by atoms with E-state index in [4.69, 9.17) is 47.4 Å². The van der Waals surface area contributed by atoms with Crippen molar-refractivity contribution >= 4 is 21.5 Å². The van der Waals surface area contributed by atoms with Crippen LogP contribution in [0.1, 0.15) is 11.1 Å². The number of rotatable bonds is 4. The Labute approximate surface area is 307 Å². The number of hydrogen-bond acceptors (Lipinski definition) is 10. The summed E-state index contributed by atoms with van der Waals surface area (Å²) in [6, 6.07) is 20.2. The summed E-state index contributed by atoms with van der Waals surface area (Å²) in [6.07, 6.45) is 5.12. The van der Waals surface area contributed by atoms with Crippen LogP contribution < -0.4 is 18.9 Å². The van der Waals surface area contributed by atoms with E-state index < -0.39 is 0 Å². The third-order valence-electron chi connectivity index (χ3n) is 8.24. The van der Waals surface area contributed by atoms with Crippen molar-refractivity contribution in [2.45, 2.75) is 12.8 Å². The molecule has 5 rings (SSSR count). The molecule has 0 amide bonds. The lowest BCUT2D eigenvalue weighted by Gasteiger charge is -2.18. The molecular weight excluding hydrogens is 664 g/mol. The summed E-state index contributed by atoms with van der Waals surface area (Å²) in [5, 5.41) is 3.91. The molecule has 1 heterocycles. The molecule has 0 saturated carbocycles. The van der Waals surface area contributed by atoms with Crippen molar-refractivity contribution in [3.63, 3.8) is 0 Å². The van der Waals surface area contributed by atoms with Gasteiger partial charge in [0, 0.05) is 21.5 Å². The van der Waals surface area contributed by atoms with Crippen LogP contribution in [0.4, 0.5) is 0 Å². The van der Waals surface area contributed by atoms with E-state index in [-0.39, 0.29) is 0 Å². The zero-order valence-electron chi connectivity index (χ0n) is 30.2. The van der Waals surface area contributed by atoms with Crippen LogP contribution in [0.3, 0.4) is 0 Å². The topological polar surface area (TPSA) is 92.3 Å². The minimum absolute atomic E-state index is 0.393. The van der Waals surface area contributed by atoms with Crippen molar-refractivity contribution in [1.82, 2.24) is 0 Å². The van der Waals surface area contributed by atoms with Crippen LogP contribution in [0, 0.1) is 0 Å². The molecule has 10 nitrogen and oxygen atoms in total. The molecular formula is C42H52O10. The fraction of sp³-hybridized carbons (Fsp3) is 0.429. The second-order valence-corrected chi connectivity index (χ2v) is 11.9. The summed E-state index contributed by atoms with van der Waals surface area (Å²) in [5.74, 6) is 3.18. The van der Waals surface area contributed by atoms with Crippen molar-refractivity contribution in [2.24, 2.45) is 0 Å². The molecule has 0 radical (unpaired) electrons. The molecule has 4 aromatic rings. The Bertz CT molecular complexity index is 1550. The Hall–Kier alpha value is -4.16. The molecule has 1 aliphatic rings. The molecule has 0 N–H and O–H groups in total. The van der Waals surface area contributed by atoms with Gasteiger partial charge in [0.15, 0.2) is 0 Å². The van der Waals surface area contributed by atoms with Crippen LogP contribution in [0.15, 0.2) is 86.0 Å². The minimum atomic E-state index is 0.393. The predicted octanol–water partition coefficient (Wildman–Crippen LogP) is 6.78. The highest BCUT2D eigenvalue weighted by molar-refractivity contribution is 5.95. The minimum Gasteiger partial charge on any atom is -0.491 e. The Morgan fingerprint density at radius 3 is 1.04 bits per heavy atom. The van der Waals surface area contributed by atoms with Crippen LogP contribution in [-0.4, -0.2) is 106 Å². The Morgan fingerprint density at radius 2 is 0.692 bits per heavy atom. The monoisotopic (exact) mass is 716 g/mol. The molecule has 0 saturated heterocycles. The first-order valence-electron chi connectivity index (χ1n) is 18.1. The average Bonchev–Trinajstić information content (AvgIpc) is 3.16. The first kappa shape index (κ1) is 39.1. The van der Waals surface area contributed by atoms with E-state index in [1.54, 1.807) is 0 Å². The third-order valence-corrected chi connectivity index (χ3v) is 8.24. The normalized spacial score (nSPS) is 17.2. The van der Waals surface area contributed by atoms with Gasteiger partial charge in [-0.05, 0) is 36.1 Å². The largest absolute Gasteiger partial charge is 0.491 e. The standard InChI is InChI=1S/C42H52O10/c1-3-7-33-13-15-38-37-16-14-34(8-4-2)42(38)52-32-28-48-24-20-44-18-22-46-26-30-50-40-12-6-9-35-36(40)10-5-11-39(35)49-29-25-45-21-17-43-19-23-47-27-31-51-41(33)37/h3-6,9-16H,1-2,7-8,17-32H2. The van der Waals surface area contributed by atoms with Gasteiger partial charge in [0.1, 0.15) is 49.4 Å². The molecule has 4 aromatic carbocycles. The lowest BCUT2D eigenvalue weighted by Crippen LogP contribution is -2.15. The number of allylic oxidation sites excluding steroid dienone is 2. The maximum atomic E-state index is 6.34. The summed E-state index contributed by atoms with van der Waals surface area (Å²) in [6.45, 7) is 15.0. The molecule has 0 aromatic heterocycles. The third kappa shape index (κ3) is 11.9. The molecule has 0 atom stereocenters. The van der Waals surface area contributed by atoms with Gasteiger partial charge >= 0.3 is 0 Å². The first-order chi connectivity index (χ1) is 25.8. The van der Waals surface area contributed by atoms with E-state index in [1.165, 1.54) is 0 Å². The molecule has 8 bridgehead atoms. The lowest BCUT2D eigenvalue weighted by molar-refractivity contribution is 0.00497. The summed E-state index contributed by atoms with van der Waals surface area (Å²) in [4.78, 5) is 0. The van der Waals surface area contributed by atoms with Crippen molar-refractivity contribution in [1.29, 1.82) is 0 Å². The summed E-state index contributed by atoms with van der Waals surface area (Å²) < 4.78 is 59.2.